The Kier molecular flexibility index (Phi) is 3.10. The number of hydrogen-bond donors (Lipinski definition) is 1. The van der Waals surface area contributed by atoms with Gasteiger partial charge in [0.05, 0.1) is 12.1 Å². The second kappa shape index (κ2) is 4.79. The van der Waals surface area contributed by atoms with Gasteiger partial charge >= 0.3 is 5.76 Å². The molecule has 2 N–H and O–H groups in total. The van der Waals surface area contributed by atoms with E-state index >= 15 is 0 Å². The Morgan fingerprint density at radius 1 is 1.25 bits per heavy atom. The number of anilines is 1. The molecule has 0 aliphatic heterocycles. The molecule has 0 saturated carbocycles. The third-order valence-corrected chi connectivity index (χ3v) is 3.41. The van der Waals surface area contributed by atoms with E-state index in [0.717, 1.165) is 0 Å². The number of oxazole rings is 1. The molecule has 1 heterocycles. The van der Waals surface area contributed by atoms with Crippen LogP contribution in [-0.4, -0.2) is 4.57 Å². The molecule has 102 valence electrons. The first-order valence-corrected chi connectivity index (χ1v) is 6.66. The highest BCUT2D eigenvalue weighted by atomic mass is 79.9. The van der Waals surface area contributed by atoms with Gasteiger partial charge in [0, 0.05) is 10.2 Å². The molecule has 0 spiro atoms. The Hall–Kier alpha value is -2.08. The third kappa shape index (κ3) is 2.34. The predicted molar refractivity (Wildman–Crippen MR) is 78.1 cm³/mol. The fourth-order valence-electron chi connectivity index (χ4n) is 2.11. The van der Waals surface area contributed by atoms with E-state index in [4.69, 9.17) is 10.2 Å². The second-order valence-electron chi connectivity index (χ2n) is 4.46. The molecule has 0 atom stereocenters. The van der Waals surface area contributed by atoms with Crippen LogP contribution in [0.25, 0.3) is 11.1 Å². The first kappa shape index (κ1) is 12.9. The zero-order chi connectivity index (χ0) is 14.3. The minimum atomic E-state index is -0.494. The number of halogens is 2. The van der Waals surface area contributed by atoms with Gasteiger partial charge in [0.1, 0.15) is 5.82 Å². The standard InChI is InChI=1S/C14H10BrFN2O2/c15-9-3-8(4-10(16)5-9)7-18-12-6-11(17)1-2-13(12)20-14(18)19/h1-6H,7,17H2. The summed E-state index contributed by atoms with van der Waals surface area (Å²) in [5.74, 6) is -0.860. The molecule has 3 rings (SSSR count). The van der Waals surface area contributed by atoms with Crippen molar-refractivity contribution in [2.24, 2.45) is 0 Å². The minimum absolute atomic E-state index is 0.214. The summed E-state index contributed by atoms with van der Waals surface area (Å²) in [4.78, 5) is 11.9. The fraction of sp³-hybridized carbons (Fsp3) is 0.0714. The van der Waals surface area contributed by atoms with Crippen molar-refractivity contribution >= 4 is 32.7 Å². The molecule has 1 aromatic heterocycles. The normalized spacial score (nSPS) is 11.1. The van der Waals surface area contributed by atoms with E-state index in [9.17, 15) is 9.18 Å². The second-order valence-corrected chi connectivity index (χ2v) is 5.37. The zero-order valence-corrected chi connectivity index (χ0v) is 11.9. The Bertz CT molecular complexity index is 834. The molecule has 0 radical (unpaired) electrons. The maximum Gasteiger partial charge on any atom is 0.420 e. The molecule has 20 heavy (non-hydrogen) atoms. The Labute approximate surface area is 121 Å². The maximum atomic E-state index is 13.4. The number of rotatable bonds is 2. The molecule has 0 unspecified atom stereocenters. The van der Waals surface area contributed by atoms with Crippen molar-refractivity contribution in [3.05, 3.63) is 62.8 Å². The van der Waals surface area contributed by atoms with Crippen LogP contribution in [0.3, 0.4) is 0 Å². The third-order valence-electron chi connectivity index (χ3n) is 2.95. The molecule has 6 heteroatoms. The van der Waals surface area contributed by atoms with Crippen molar-refractivity contribution in [2.45, 2.75) is 6.54 Å². The van der Waals surface area contributed by atoms with Crippen LogP contribution in [0.15, 0.2) is 50.1 Å². The van der Waals surface area contributed by atoms with Crippen molar-refractivity contribution in [3.8, 4) is 0 Å². The van der Waals surface area contributed by atoms with Crippen LogP contribution in [0, 0.1) is 5.82 Å². The lowest BCUT2D eigenvalue weighted by Gasteiger charge is -2.04. The highest BCUT2D eigenvalue weighted by Gasteiger charge is 2.10. The average Bonchev–Trinajstić information content (AvgIpc) is 2.65. The van der Waals surface area contributed by atoms with E-state index in [1.54, 1.807) is 24.3 Å². The van der Waals surface area contributed by atoms with Crippen molar-refractivity contribution < 1.29 is 8.81 Å². The number of nitrogen functional groups attached to an aromatic ring is 1. The number of nitrogens with zero attached hydrogens (tertiary/aromatic N) is 1. The Morgan fingerprint density at radius 3 is 2.80 bits per heavy atom. The van der Waals surface area contributed by atoms with Gasteiger partial charge in [-0.1, -0.05) is 15.9 Å². The average molecular weight is 337 g/mol. The summed E-state index contributed by atoms with van der Waals surface area (Å²) in [6.45, 7) is 0.214. The van der Waals surface area contributed by atoms with Gasteiger partial charge in [0.2, 0.25) is 0 Å². The monoisotopic (exact) mass is 336 g/mol. The molecule has 0 amide bonds. The van der Waals surface area contributed by atoms with Crippen molar-refractivity contribution in [2.75, 3.05) is 5.73 Å². The Balaban J connectivity index is 2.12. The summed E-state index contributed by atoms with van der Waals surface area (Å²) >= 11 is 3.23. The molecule has 2 aromatic carbocycles. The van der Waals surface area contributed by atoms with Gasteiger partial charge in [-0.2, -0.15) is 0 Å². The first-order chi connectivity index (χ1) is 9.52. The number of nitrogens with two attached hydrogens (primary N) is 1. The molecule has 0 bridgehead atoms. The van der Waals surface area contributed by atoms with Crippen LogP contribution in [-0.2, 0) is 6.54 Å². The highest BCUT2D eigenvalue weighted by Crippen LogP contribution is 2.19. The molecular formula is C14H10BrFN2O2. The van der Waals surface area contributed by atoms with E-state index in [1.807, 2.05) is 0 Å². The summed E-state index contributed by atoms with van der Waals surface area (Å²) in [5, 5.41) is 0. The quantitative estimate of drug-likeness (QED) is 0.731. The van der Waals surface area contributed by atoms with Crippen LogP contribution in [0.5, 0.6) is 0 Å². The number of benzene rings is 2. The lowest BCUT2D eigenvalue weighted by atomic mass is 10.2. The number of aromatic nitrogens is 1. The van der Waals surface area contributed by atoms with E-state index in [-0.39, 0.29) is 12.4 Å². The van der Waals surface area contributed by atoms with Gasteiger partial charge in [-0.3, -0.25) is 4.57 Å². The topological polar surface area (TPSA) is 61.2 Å². The van der Waals surface area contributed by atoms with Gasteiger partial charge in [-0.15, -0.1) is 0 Å². The van der Waals surface area contributed by atoms with Crippen molar-refractivity contribution in [1.82, 2.24) is 4.57 Å². The fourth-order valence-corrected chi connectivity index (χ4v) is 2.63. The van der Waals surface area contributed by atoms with Gasteiger partial charge in [-0.25, -0.2) is 9.18 Å². The van der Waals surface area contributed by atoms with Crippen molar-refractivity contribution in [1.29, 1.82) is 0 Å². The summed E-state index contributed by atoms with van der Waals surface area (Å²) in [5.41, 5.74) is 7.96. The van der Waals surface area contributed by atoms with Gasteiger partial charge < -0.3 is 10.2 Å². The molecule has 0 aliphatic carbocycles. The lowest BCUT2D eigenvalue weighted by Crippen LogP contribution is -2.15. The molecular weight excluding hydrogens is 327 g/mol. The molecule has 0 saturated heterocycles. The first-order valence-electron chi connectivity index (χ1n) is 5.87. The van der Waals surface area contributed by atoms with Crippen LogP contribution < -0.4 is 11.5 Å². The summed E-state index contributed by atoms with van der Waals surface area (Å²) in [7, 11) is 0. The largest absolute Gasteiger partial charge is 0.420 e. The van der Waals surface area contributed by atoms with E-state index < -0.39 is 5.76 Å². The summed E-state index contributed by atoms with van der Waals surface area (Å²) < 4.78 is 20.5. The van der Waals surface area contributed by atoms with Crippen LogP contribution in [0.1, 0.15) is 5.56 Å². The molecule has 4 nitrogen and oxygen atoms in total. The van der Waals surface area contributed by atoms with Gasteiger partial charge in [0.15, 0.2) is 5.58 Å². The van der Waals surface area contributed by atoms with E-state index in [0.29, 0.717) is 26.8 Å². The van der Waals surface area contributed by atoms with E-state index in [2.05, 4.69) is 15.9 Å². The predicted octanol–water partition coefficient (Wildman–Crippen LogP) is 3.13. The SMILES string of the molecule is Nc1ccc2oc(=O)n(Cc3cc(F)cc(Br)c3)c2c1. The zero-order valence-electron chi connectivity index (χ0n) is 10.3. The van der Waals surface area contributed by atoms with Crippen LogP contribution in [0.4, 0.5) is 10.1 Å². The number of fused-ring (bicyclic) bond motifs is 1. The van der Waals surface area contributed by atoms with E-state index in [1.165, 1.54) is 16.7 Å². The maximum absolute atomic E-state index is 13.4. The lowest BCUT2D eigenvalue weighted by molar-refractivity contribution is 0.517. The van der Waals surface area contributed by atoms with Gasteiger partial charge in [-0.05, 0) is 42.0 Å². The van der Waals surface area contributed by atoms with Crippen molar-refractivity contribution in [3.63, 3.8) is 0 Å². The minimum Gasteiger partial charge on any atom is -0.408 e. The van der Waals surface area contributed by atoms with Crippen LogP contribution in [0.2, 0.25) is 0 Å². The van der Waals surface area contributed by atoms with Gasteiger partial charge in [0.25, 0.3) is 0 Å². The Morgan fingerprint density at radius 2 is 2.05 bits per heavy atom. The smallest absolute Gasteiger partial charge is 0.408 e. The van der Waals surface area contributed by atoms with Crippen LogP contribution >= 0.6 is 15.9 Å². The number of hydrogen-bond acceptors (Lipinski definition) is 3. The summed E-state index contributed by atoms with van der Waals surface area (Å²) in [6, 6.07) is 9.45. The molecule has 3 aromatic rings. The molecule has 0 aliphatic rings. The summed E-state index contributed by atoms with van der Waals surface area (Å²) in [6.07, 6.45) is 0. The molecule has 0 fully saturated rings. The highest BCUT2D eigenvalue weighted by molar-refractivity contribution is 9.10.